The minimum Gasteiger partial charge on any atom is -0.354 e. The Morgan fingerprint density at radius 3 is 2.70 bits per heavy atom. The Labute approximate surface area is 134 Å². The minimum absolute atomic E-state index is 0.665. The lowest BCUT2D eigenvalue weighted by molar-refractivity contribution is 0.249. The van der Waals surface area contributed by atoms with Gasteiger partial charge in [-0.1, -0.05) is 0 Å². The lowest BCUT2D eigenvalue weighted by Crippen LogP contribution is -2.46. The molecule has 0 bridgehead atoms. The summed E-state index contributed by atoms with van der Waals surface area (Å²) in [6.07, 6.45) is 5.58. The molecule has 0 radical (unpaired) electrons. The zero-order valence-corrected chi connectivity index (χ0v) is 13.4. The molecule has 1 aliphatic heterocycles. The number of hydrogen-bond acceptors (Lipinski definition) is 6. The Morgan fingerprint density at radius 2 is 1.96 bits per heavy atom. The lowest BCUT2D eigenvalue weighted by Gasteiger charge is -2.35. The van der Waals surface area contributed by atoms with Crippen molar-refractivity contribution >= 4 is 11.6 Å². The average Bonchev–Trinajstić information content (AvgIpc) is 3.16. The molecule has 4 heterocycles. The molecule has 3 aromatic rings. The molecular weight excluding hydrogens is 292 g/mol. The Hall–Kier alpha value is -2.48. The van der Waals surface area contributed by atoms with Crippen LogP contribution in [0, 0.1) is 6.92 Å². The van der Waals surface area contributed by atoms with E-state index in [1.807, 2.05) is 29.4 Å². The SMILES string of the molecule is Cc1cc(N2CCN(Cc3cnn(C)c3)CC2)n2ncnc2n1. The number of hydrogen-bond donors (Lipinski definition) is 0. The van der Waals surface area contributed by atoms with Crippen LogP contribution in [0.5, 0.6) is 0 Å². The molecule has 4 rings (SSSR count). The summed E-state index contributed by atoms with van der Waals surface area (Å²) in [6, 6.07) is 2.08. The number of aryl methyl sites for hydroxylation is 2. The normalized spacial score (nSPS) is 16.3. The Morgan fingerprint density at radius 1 is 1.13 bits per heavy atom. The van der Waals surface area contributed by atoms with Gasteiger partial charge in [0.1, 0.15) is 12.1 Å². The monoisotopic (exact) mass is 312 g/mol. The van der Waals surface area contributed by atoms with E-state index in [0.717, 1.165) is 44.2 Å². The van der Waals surface area contributed by atoms with Crippen molar-refractivity contribution in [2.24, 2.45) is 7.05 Å². The van der Waals surface area contributed by atoms with Gasteiger partial charge in [-0.05, 0) is 6.92 Å². The second-order valence-corrected chi connectivity index (χ2v) is 6.01. The topological polar surface area (TPSA) is 67.4 Å². The third-order valence-electron chi connectivity index (χ3n) is 4.22. The van der Waals surface area contributed by atoms with Crippen molar-refractivity contribution in [1.29, 1.82) is 0 Å². The molecule has 1 saturated heterocycles. The molecule has 23 heavy (non-hydrogen) atoms. The second-order valence-electron chi connectivity index (χ2n) is 6.01. The van der Waals surface area contributed by atoms with Crippen LogP contribution >= 0.6 is 0 Å². The van der Waals surface area contributed by atoms with Crippen LogP contribution in [-0.4, -0.2) is 60.4 Å². The van der Waals surface area contributed by atoms with E-state index in [9.17, 15) is 0 Å². The molecule has 0 N–H and O–H groups in total. The fourth-order valence-electron chi connectivity index (χ4n) is 3.08. The van der Waals surface area contributed by atoms with Crippen LogP contribution in [0.1, 0.15) is 11.3 Å². The Kier molecular flexibility index (Phi) is 3.45. The molecule has 1 fully saturated rings. The molecule has 0 atom stereocenters. The predicted molar refractivity (Wildman–Crippen MR) is 86.2 cm³/mol. The molecule has 0 aliphatic carbocycles. The summed E-state index contributed by atoms with van der Waals surface area (Å²) >= 11 is 0. The highest BCUT2D eigenvalue weighted by molar-refractivity contribution is 5.47. The largest absolute Gasteiger partial charge is 0.354 e. The fourth-order valence-corrected chi connectivity index (χ4v) is 3.08. The van der Waals surface area contributed by atoms with Crippen molar-refractivity contribution < 1.29 is 0 Å². The highest BCUT2D eigenvalue weighted by Crippen LogP contribution is 2.18. The van der Waals surface area contributed by atoms with Gasteiger partial charge in [-0.25, -0.2) is 4.98 Å². The first kappa shape index (κ1) is 14.1. The summed E-state index contributed by atoms with van der Waals surface area (Å²) in [5.74, 6) is 1.74. The van der Waals surface area contributed by atoms with E-state index >= 15 is 0 Å². The molecule has 8 heteroatoms. The van der Waals surface area contributed by atoms with Gasteiger partial charge in [-0.2, -0.15) is 19.7 Å². The quantitative estimate of drug-likeness (QED) is 0.701. The van der Waals surface area contributed by atoms with Crippen molar-refractivity contribution in [1.82, 2.24) is 34.3 Å². The van der Waals surface area contributed by atoms with Crippen molar-refractivity contribution in [3.05, 3.63) is 36.0 Å². The predicted octanol–water partition coefficient (Wildman–Crippen LogP) is 0.488. The summed E-state index contributed by atoms with van der Waals surface area (Å²) in [7, 11) is 1.95. The first-order valence-corrected chi connectivity index (χ1v) is 7.81. The number of rotatable bonds is 3. The summed E-state index contributed by atoms with van der Waals surface area (Å²) < 4.78 is 3.68. The molecule has 120 valence electrons. The van der Waals surface area contributed by atoms with E-state index in [0.29, 0.717) is 5.78 Å². The van der Waals surface area contributed by atoms with Gasteiger partial charge in [0.15, 0.2) is 0 Å². The molecule has 0 amide bonds. The highest BCUT2D eigenvalue weighted by atomic mass is 15.4. The van der Waals surface area contributed by atoms with E-state index in [4.69, 9.17) is 0 Å². The van der Waals surface area contributed by atoms with E-state index in [1.54, 1.807) is 6.33 Å². The van der Waals surface area contributed by atoms with Crippen LogP contribution in [0.3, 0.4) is 0 Å². The molecular formula is C15H20N8. The molecule has 0 saturated carbocycles. The standard InChI is InChI=1S/C15H20N8/c1-12-7-14(23-15(19-12)16-11-18-23)22-5-3-21(4-6-22)10-13-8-17-20(2)9-13/h7-9,11H,3-6,10H2,1-2H3. The first-order chi connectivity index (χ1) is 11.2. The van der Waals surface area contributed by atoms with Crippen LogP contribution in [0.4, 0.5) is 5.82 Å². The fraction of sp³-hybridized carbons (Fsp3) is 0.467. The van der Waals surface area contributed by atoms with Crippen molar-refractivity contribution in [2.75, 3.05) is 31.1 Å². The smallest absolute Gasteiger partial charge is 0.254 e. The van der Waals surface area contributed by atoms with Crippen molar-refractivity contribution in [2.45, 2.75) is 13.5 Å². The highest BCUT2D eigenvalue weighted by Gasteiger charge is 2.20. The molecule has 0 spiro atoms. The average molecular weight is 312 g/mol. The number of nitrogens with zero attached hydrogens (tertiary/aromatic N) is 8. The maximum absolute atomic E-state index is 4.41. The van der Waals surface area contributed by atoms with Crippen LogP contribution in [0.15, 0.2) is 24.8 Å². The van der Waals surface area contributed by atoms with Crippen LogP contribution in [0.2, 0.25) is 0 Å². The third kappa shape index (κ3) is 2.77. The van der Waals surface area contributed by atoms with Crippen molar-refractivity contribution in [3.8, 4) is 0 Å². The van der Waals surface area contributed by atoms with E-state index in [1.165, 1.54) is 5.56 Å². The van der Waals surface area contributed by atoms with E-state index in [-0.39, 0.29) is 0 Å². The molecule has 0 unspecified atom stereocenters. The maximum Gasteiger partial charge on any atom is 0.254 e. The molecule has 1 aliphatic rings. The Bertz CT molecular complexity index is 812. The van der Waals surface area contributed by atoms with Crippen molar-refractivity contribution in [3.63, 3.8) is 0 Å². The van der Waals surface area contributed by atoms with Crippen LogP contribution in [0.25, 0.3) is 5.78 Å². The molecule has 3 aromatic heterocycles. The van der Waals surface area contributed by atoms with Gasteiger partial charge in [0.05, 0.1) is 6.20 Å². The van der Waals surface area contributed by atoms with Gasteiger partial charge in [0, 0.05) is 63.3 Å². The van der Waals surface area contributed by atoms with Gasteiger partial charge >= 0.3 is 0 Å². The summed E-state index contributed by atoms with van der Waals surface area (Å²) in [5, 5.41) is 8.54. The van der Waals surface area contributed by atoms with Gasteiger partial charge in [-0.15, -0.1) is 0 Å². The first-order valence-electron chi connectivity index (χ1n) is 7.81. The zero-order chi connectivity index (χ0) is 15.8. The molecule has 8 nitrogen and oxygen atoms in total. The van der Waals surface area contributed by atoms with Crippen LogP contribution < -0.4 is 4.90 Å². The van der Waals surface area contributed by atoms with Gasteiger partial charge < -0.3 is 4.90 Å². The number of piperazine rings is 1. The van der Waals surface area contributed by atoms with Gasteiger partial charge in [0.2, 0.25) is 0 Å². The molecule has 0 aromatic carbocycles. The van der Waals surface area contributed by atoms with Gasteiger partial charge in [-0.3, -0.25) is 9.58 Å². The summed E-state index contributed by atoms with van der Waals surface area (Å²) in [6.45, 7) is 6.93. The number of fused-ring (bicyclic) bond motifs is 1. The third-order valence-corrected chi connectivity index (χ3v) is 4.22. The maximum atomic E-state index is 4.41. The van der Waals surface area contributed by atoms with E-state index < -0.39 is 0 Å². The van der Waals surface area contributed by atoms with E-state index in [2.05, 4.69) is 42.2 Å². The summed E-state index contributed by atoms with van der Waals surface area (Å²) in [4.78, 5) is 13.4. The van der Waals surface area contributed by atoms with Gasteiger partial charge in [0.25, 0.3) is 5.78 Å². The number of anilines is 1. The zero-order valence-electron chi connectivity index (χ0n) is 13.4. The van der Waals surface area contributed by atoms with Crippen LogP contribution in [-0.2, 0) is 13.6 Å². The number of aromatic nitrogens is 6. The minimum atomic E-state index is 0.665. The Balaban J connectivity index is 1.47. The lowest BCUT2D eigenvalue weighted by atomic mass is 10.2. The second kappa shape index (κ2) is 5.62. The summed E-state index contributed by atoms with van der Waals surface area (Å²) in [5.41, 5.74) is 2.23.